The standard InChI is InChI=1S/C9H8N6S2/c1-10-8-13-6-5(4-12-15-6)7(14-8)17-9-11-2-3-16-9/h2-4H,1H3,(H2,10,12,13,14,15). The van der Waals surface area contributed by atoms with Gasteiger partial charge in [0.05, 0.1) is 11.6 Å². The summed E-state index contributed by atoms with van der Waals surface area (Å²) in [5, 5.41) is 13.4. The lowest BCUT2D eigenvalue weighted by atomic mass is 10.4. The van der Waals surface area contributed by atoms with Crippen molar-refractivity contribution >= 4 is 40.1 Å². The first-order valence-corrected chi connectivity index (χ1v) is 6.52. The zero-order valence-electron chi connectivity index (χ0n) is 8.84. The molecule has 0 unspecified atom stereocenters. The van der Waals surface area contributed by atoms with Gasteiger partial charge in [0.15, 0.2) is 9.99 Å². The summed E-state index contributed by atoms with van der Waals surface area (Å²) in [6.07, 6.45) is 3.50. The number of hydrogen-bond acceptors (Lipinski definition) is 7. The first kappa shape index (κ1) is 10.5. The third-order valence-corrected chi connectivity index (χ3v) is 3.98. The minimum absolute atomic E-state index is 0.570. The van der Waals surface area contributed by atoms with Crippen LogP contribution in [0.25, 0.3) is 11.0 Å². The molecule has 0 saturated carbocycles. The molecule has 0 aliphatic heterocycles. The normalized spacial score (nSPS) is 10.9. The van der Waals surface area contributed by atoms with E-state index >= 15 is 0 Å². The molecule has 86 valence electrons. The number of rotatable bonds is 3. The first-order valence-electron chi connectivity index (χ1n) is 4.83. The molecule has 3 rings (SSSR count). The maximum absolute atomic E-state index is 4.41. The molecule has 6 nitrogen and oxygen atoms in total. The quantitative estimate of drug-likeness (QED) is 0.704. The van der Waals surface area contributed by atoms with Crippen molar-refractivity contribution in [1.29, 1.82) is 0 Å². The second kappa shape index (κ2) is 4.30. The molecular weight excluding hydrogens is 256 g/mol. The van der Waals surface area contributed by atoms with Crippen LogP contribution in [0.15, 0.2) is 27.1 Å². The second-order valence-corrected chi connectivity index (χ2v) is 5.27. The Morgan fingerprint density at radius 2 is 2.35 bits per heavy atom. The maximum atomic E-state index is 4.41. The highest BCUT2D eigenvalue weighted by atomic mass is 32.2. The number of thiazole rings is 1. The van der Waals surface area contributed by atoms with Gasteiger partial charge in [-0.3, -0.25) is 5.10 Å². The number of hydrogen-bond donors (Lipinski definition) is 2. The molecule has 8 heteroatoms. The van der Waals surface area contributed by atoms with E-state index in [1.54, 1.807) is 30.8 Å². The van der Waals surface area contributed by atoms with Crippen molar-refractivity contribution in [2.45, 2.75) is 9.37 Å². The van der Waals surface area contributed by atoms with E-state index < -0.39 is 0 Å². The van der Waals surface area contributed by atoms with Crippen molar-refractivity contribution in [3.05, 3.63) is 17.8 Å². The number of fused-ring (bicyclic) bond motifs is 1. The Morgan fingerprint density at radius 3 is 3.12 bits per heavy atom. The van der Waals surface area contributed by atoms with Crippen molar-refractivity contribution in [2.75, 3.05) is 12.4 Å². The van der Waals surface area contributed by atoms with Crippen molar-refractivity contribution in [2.24, 2.45) is 0 Å². The Labute approximate surface area is 105 Å². The minimum Gasteiger partial charge on any atom is -0.357 e. The summed E-state index contributed by atoms with van der Waals surface area (Å²) in [6.45, 7) is 0. The average Bonchev–Trinajstić information content (AvgIpc) is 2.98. The van der Waals surface area contributed by atoms with Crippen LogP contribution in [0.5, 0.6) is 0 Å². The van der Waals surface area contributed by atoms with Crippen LogP contribution in [-0.4, -0.2) is 32.2 Å². The highest BCUT2D eigenvalue weighted by Gasteiger charge is 2.11. The third-order valence-electron chi connectivity index (χ3n) is 2.09. The molecule has 0 bridgehead atoms. The molecule has 0 amide bonds. The van der Waals surface area contributed by atoms with Crippen molar-refractivity contribution in [1.82, 2.24) is 25.1 Å². The number of nitrogens with one attached hydrogen (secondary N) is 2. The summed E-state index contributed by atoms with van der Waals surface area (Å²) in [4.78, 5) is 12.9. The summed E-state index contributed by atoms with van der Waals surface area (Å²) in [6, 6.07) is 0. The van der Waals surface area contributed by atoms with Gasteiger partial charge in [-0.25, -0.2) is 9.97 Å². The molecule has 2 N–H and O–H groups in total. The highest BCUT2D eigenvalue weighted by molar-refractivity contribution is 8.01. The molecule has 0 aliphatic rings. The Morgan fingerprint density at radius 1 is 1.41 bits per heavy atom. The minimum atomic E-state index is 0.570. The van der Waals surface area contributed by atoms with Gasteiger partial charge in [-0.15, -0.1) is 11.3 Å². The predicted molar refractivity (Wildman–Crippen MR) is 67.5 cm³/mol. The smallest absolute Gasteiger partial charge is 0.225 e. The molecule has 0 atom stereocenters. The van der Waals surface area contributed by atoms with Crippen molar-refractivity contribution in [3.63, 3.8) is 0 Å². The van der Waals surface area contributed by atoms with Gasteiger partial charge in [-0.2, -0.15) is 10.1 Å². The van der Waals surface area contributed by atoms with E-state index in [1.165, 1.54) is 11.8 Å². The Balaban J connectivity index is 2.10. The van der Waals surface area contributed by atoms with Gasteiger partial charge in [-0.1, -0.05) is 0 Å². The topological polar surface area (TPSA) is 79.4 Å². The number of anilines is 1. The van der Waals surface area contributed by atoms with E-state index in [9.17, 15) is 0 Å². The maximum Gasteiger partial charge on any atom is 0.225 e. The van der Waals surface area contributed by atoms with E-state index in [0.29, 0.717) is 5.95 Å². The van der Waals surface area contributed by atoms with Gasteiger partial charge in [0, 0.05) is 18.6 Å². The van der Waals surface area contributed by atoms with E-state index in [1.807, 2.05) is 5.38 Å². The lowest BCUT2D eigenvalue weighted by Gasteiger charge is -2.02. The molecule has 0 aliphatic carbocycles. The molecule has 0 fully saturated rings. The number of nitrogens with zero attached hydrogens (tertiary/aromatic N) is 4. The van der Waals surface area contributed by atoms with E-state index in [0.717, 1.165) is 20.4 Å². The fourth-order valence-corrected chi connectivity index (χ4v) is 2.97. The van der Waals surface area contributed by atoms with Gasteiger partial charge >= 0.3 is 0 Å². The monoisotopic (exact) mass is 264 g/mol. The number of aromatic nitrogens is 5. The van der Waals surface area contributed by atoms with Crippen LogP contribution in [0.2, 0.25) is 0 Å². The van der Waals surface area contributed by atoms with Crippen LogP contribution < -0.4 is 5.32 Å². The molecule has 17 heavy (non-hydrogen) atoms. The van der Waals surface area contributed by atoms with E-state index in [-0.39, 0.29) is 0 Å². The van der Waals surface area contributed by atoms with Gasteiger partial charge < -0.3 is 5.32 Å². The Kier molecular flexibility index (Phi) is 2.65. The molecule has 3 aromatic heterocycles. The molecule has 3 heterocycles. The zero-order valence-corrected chi connectivity index (χ0v) is 10.5. The molecule has 0 aromatic carbocycles. The van der Waals surface area contributed by atoms with E-state index in [4.69, 9.17) is 0 Å². The molecule has 0 saturated heterocycles. The molecule has 0 radical (unpaired) electrons. The average molecular weight is 264 g/mol. The lowest BCUT2D eigenvalue weighted by Crippen LogP contribution is -1.97. The SMILES string of the molecule is CNc1nc(Sc2nccs2)c2cn[nH]c2n1. The van der Waals surface area contributed by atoms with Crippen LogP contribution in [-0.2, 0) is 0 Å². The van der Waals surface area contributed by atoms with Gasteiger partial charge in [0.2, 0.25) is 5.95 Å². The molecular formula is C9H8N6S2. The molecule has 3 aromatic rings. The van der Waals surface area contributed by atoms with Gasteiger partial charge in [-0.05, 0) is 11.8 Å². The van der Waals surface area contributed by atoms with E-state index in [2.05, 4.69) is 30.5 Å². The van der Waals surface area contributed by atoms with Crippen molar-refractivity contribution < 1.29 is 0 Å². The Hall–Kier alpha value is -1.67. The van der Waals surface area contributed by atoms with Crippen LogP contribution in [0.4, 0.5) is 5.95 Å². The largest absolute Gasteiger partial charge is 0.357 e. The third kappa shape index (κ3) is 1.96. The Bertz CT molecular complexity index is 632. The van der Waals surface area contributed by atoms with Gasteiger partial charge in [0.1, 0.15) is 5.03 Å². The fraction of sp³-hybridized carbons (Fsp3) is 0.111. The molecule has 0 spiro atoms. The summed E-state index contributed by atoms with van der Waals surface area (Å²) >= 11 is 3.10. The number of H-pyrrole nitrogens is 1. The summed E-state index contributed by atoms with van der Waals surface area (Å²) in [5.41, 5.74) is 0.725. The summed E-state index contributed by atoms with van der Waals surface area (Å²) < 4.78 is 0.952. The van der Waals surface area contributed by atoms with Crippen molar-refractivity contribution in [3.8, 4) is 0 Å². The van der Waals surface area contributed by atoms with Gasteiger partial charge in [0.25, 0.3) is 0 Å². The zero-order chi connectivity index (χ0) is 11.7. The number of aromatic amines is 1. The summed E-state index contributed by atoms with van der Waals surface area (Å²) in [7, 11) is 1.79. The van der Waals surface area contributed by atoms with Crippen LogP contribution >= 0.6 is 23.1 Å². The summed E-state index contributed by atoms with van der Waals surface area (Å²) in [5.74, 6) is 0.570. The van der Waals surface area contributed by atoms with Crippen LogP contribution in [0, 0.1) is 0 Å². The lowest BCUT2D eigenvalue weighted by molar-refractivity contribution is 1.06. The fourth-order valence-electron chi connectivity index (χ4n) is 1.34. The highest BCUT2D eigenvalue weighted by Crippen LogP contribution is 2.32. The van der Waals surface area contributed by atoms with Crippen LogP contribution in [0.1, 0.15) is 0 Å². The van der Waals surface area contributed by atoms with Crippen LogP contribution in [0.3, 0.4) is 0 Å². The predicted octanol–water partition coefficient (Wildman–Crippen LogP) is 2.00. The second-order valence-electron chi connectivity index (χ2n) is 3.13. The first-order chi connectivity index (χ1) is 8.36.